The monoisotopic (exact) mass is 334 g/mol. The van der Waals surface area contributed by atoms with E-state index in [0.717, 1.165) is 12.3 Å². The number of hydrogen-bond donors (Lipinski definition) is 0. The standard InChI is InChI=1S/C21H35OP/c1-13(2)18-9-19(14(3)4)21(20(10-18)15(5)6)23(22)11-16(7)17(8)12-23/h9-10,13-17H,11-12H2,1-8H3/t16-,17+,23?. The zero-order valence-electron chi connectivity index (χ0n) is 16.3. The van der Waals surface area contributed by atoms with Gasteiger partial charge >= 0.3 is 0 Å². The minimum atomic E-state index is -2.27. The summed E-state index contributed by atoms with van der Waals surface area (Å²) in [7, 11) is -2.27. The smallest absolute Gasteiger partial charge is 0.116 e. The number of hydrogen-bond acceptors (Lipinski definition) is 1. The second-order valence-electron chi connectivity index (χ2n) is 8.72. The van der Waals surface area contributed by atoms with Gasteiger partial charge in [0.1, 0.15) is 7.14 Å². The third-order valence-corrected chi connectivity index (χ3v) is 9.31. The Morgan fingerprint density at radius 1 is 0.826 bits per heavy atom. The van der Waals surface area contributed by atoms with Crippen LogP contribution in [0.5, 0.6) is 0 Å². The molecule has 2 heteroatoms. The van der Waals surface area contributed by atoms with E-state index in [1.54, 1.807) is 0 Å². The van der Waals surface area contributed by atoms with Crippen molar-refractivity contribution in [3.63, 3.8) is 0 Å². The minimum absolute atomic E-state index is 0.429. The maximum Gasteiger partial charge on any atom is 0.116 e. The summed E-state index contributed by atoms with van der Waals surface area (Å²) in [4.78, 5) is 0. The Kier molecular flexibility index (Phi) is 5.51. The van der Waals surface area contributed by atoms with Crippen LogP contribution in [0.25, 0.3) is 0 Å². The first-order chi connectivity index (χ1) is 10.6. The van der Waals surface area contributed by atoms with Crippen molar-refractivity contribution in [2.45, 2.75) is 73.1 Å². The highest BCUT2D eigenvalue weighted by atomic mass is 31.2. The maximum atomic E-state index is 14.0. The van der Waals surface area contributed by atoms with E-state index < -0.39 is 7.14 Å². The van der Waals surface area contributed by atoms with E-state index in [1.165, 1.54) is 22.0 Å². The average molecular weight is 334 g/mol. The second-order valence-corrected chi connectivity index (χ2v) is 11.7. The molecule has 1 saturated heterocycles. The van der Waals surface area contributed by atoms with Gasteiger partial charge in [0.05, 0.1) is 0 Å². The van der Waals surface area contributed by atoms with E-state index >= 15 is 0 Å². The van der Waals surface area contributed by atoms with Crippen LogP contribution in [0.2, 0.25) is 0 Å². The van der Waals surface area contributed by atoms with Crippen LogP contribution >= 0.6 is 7.14 Å². The molecule has 130 valence electrons. The molecule has 1 fully saturated rings. The molecule has 1 aliphatic heterocycles. The SMILES string of the molecule is CC(C)c1cc(C(C)C)c(P2(=O)C[C@@H](C)[C@@H](C)C2)c(C(C)C)c1. The van der Waals surface area contributed by atoms with Gasteiger partial charge in [0.25, 0.3) is 0 Å². The fourth-order valence-corrected chi connectivity index (χ4v) is 8.62. The lowest BCUT2D eigenvalue weighted by Crippen LogP contribution is -2.22. The molecule has 1 aromatic carbocycles. The zero-order valence-corrected chi connectivity index (χ0v) is 17.2. The highest BCUT2D eigenvalue weighted by Gasteiger charge is 2.41. The van der Waals surface area contributed by atoms with Crippen LogP contribution in [-0.2, 0) is 4.57 Å². The fraction of sp³-hybridized carbons (Fsp3) is 0.714. The summed E-state index contributed by atoms with van der Waals surface area (Å²) >= 11 is 0. The highest BCUT2D eigenvalue weighted by molar-refractivity contribution is 7.72. The van der Waals surface area contributed by atoms with Gasteiger partial charge in [0.15, 0.2) is 0 Å². The van der Waals surface area contributed by atoms with Gasteiger partial charge < -0.3 is 4.57 Å². The molecule has 0 amide bonds. The largest absolute Gasteiger partial charge is 0.319 e. The van der Waals surface area contributed by atoms with Crippen LogP contribution in [0, 0.1) is 11.8 Å². The lowest BCUT2D eigenvalue weighted by atomic mass is 9.89. The second kappa shape index (κ2) is 6.75. The van der Waals surface area contributed by atoms with E-state index in [2.05, 4.69) is 67.5 Å². The van der Waals surface area contributed by atoms with Crippen LogP contribution in [0.3, 0.4) is 0 Å². The molecule has 1 aromatic rings. The van der Waals surface area contributed by atoms with Gasteiger partial charge in [-0.3, -0.25) is 0 Å². The van der Waals surface area contributed by atoms with Gasteiger partial charge in [-0.15, -0.1) is 0 Å². The van der Waals surface area contributed by atoms with Crippen molar-refractivity contribution < 1.29 is 4.57 Å². The Morgan fingerprint density at radius 2 is 1.22 bits per heavy atom. The Hall–Kier alpha value is -0.550. The van der Waals surface area contributed by atoms with Gasteiger partial charge in [0, 0.05) is 17.6 Å². The quantitative estimate of drug-likeness (QED) is 0.588. The molecule has 23 heavy (non-hydrogen) atoms. The minimum Gasteiger partial charge on any atom is -0.319 e. The normalized spacial score (nSPS) is 28.3. The van der Waals surface area contributed by atoms with Crippen molar-refractivity contribution in [2.24, 2.45) is 11.8 Å². The van der Waals surface area contributed by atoms with Crippen molar-refractivity contribution in [1.29, 1.82) is 0 Å². The molecule has 0 aliphatic carbocycles. The fourth-order valence-electron chi connectivity index (χ4n) is 3.94. The molecule has 3 atom stereocenters. The van der Waals surface area contributed by atoms with Gasteiger partial charge in [-0.2, -0.15) is 0 Å². The first kappa shape index (κ1) is 18.8. The topological polar surface area (TPSA) is 17.1 Å². The Bertz CT molecular complexity index is 569. The van der Waals surface area contributed by atoms with Gasteiger partial charge in [-0.1, -0.05) is 67.5 Å². The average Bonchev–Trinajstić information content (AvgIpc) is 2.71. The van der Waals surface area contributed by atoms with Crippen LogP contribution in [-0.4, -0.2) is 12.3 Å². The molecule has 0 N–H and O–H groups in total. The lowest BCUT2D eigenvalue weighted by Gasteiger charge is -2.27. The lowest BCUT2D eigenvalue weighted by molar-refractivity contribution is 0.494. The Morgan fingerprint density at radius 3 is 1.52 bits per heavy atom. The molecule has 1 unspecified atom stereocenters. The first-order valence-corrected chi connectivity index (χ1v) is 11.4. The van der Waals surface area contributed by atoms with Crippen LogP contribution < -0.4 is 5.30 Å². The summed E-state index contributed by atoms with van der Waals surface area (Å²) in [5, 5.41) is 1.25. The summed E-state index contributed by atoms with van der Waals surface area (Å²) in [6.45, 7) is 18.1. The first-order valence-electron chi connectivity index (χ1n) is 9.33. The summed E-state index contributed by atoms with van der Waals surface area (Å²) in [5.41, 5.74) is 4.10. The molecule has 1 nitrogen and oxygen atoms in total. The van der Waals surface area contributed by atoms with E-state index in [1.807, 2.05) is 0 Å². The summed E-state index contributed by atoms with van der Waals surface area (Å²) in [6, 6.07) is 4.70. The summed E-state index contributed by atoms with van der Waals surface area (Å²) in [5.74, 6) is 2.52. The summed E-state index contributed by atoms with van der Waals surface area (Å²) < 4.78 is 14.0. The van der Waals surface area contributed by atoms with Gasteiger partial charge in [-0.05, 0) is 46.3 Å². The molecule has 1 aliphatic rings. The maximum absolute atomic E-state index is 14.0. The number of benzene rings is 1. The molecule has 0 radical (unpaired) electrons. The molecule has 0 aromatic heterocycles. The van der Waals surface area contributed by atoms with E-state index in [0.29, 0.717) is 29.6 Å². The van der Waals surface area contributed by atoms with Crippen molar-refractivity contribution in [2.75, 3.05) is 12.3 Å². The van der Waals surface area contributed by atoms with E-state index in [9.17, 15) is 4.57 Å². The third kappa shape index (κ3) is 3.60. The predicted molar refractivity (Wildman–Crippen MR) is 104 cm³/mol. The Balaban J connectivity index is 2.73. The van der Waals surface area contributed by atoms with Gasteiger partial charge in [0.2, 0.25) is 0 Å². The van der Waals surface area contributed by atoms with E-state index in [-0.39, 0.29) is 0 Å². The molecular weight excluding hydrogens is 299 g/mol. The molecule has 1 heterocycles. The van der Waals surface area contributed by atoms with Crippen molar-refractivity contribution in [3.05, 3.63) is 28.8 Å². The van der Waals surface area contributed by atoms with E-state index in [4.69, 9.17) is 0 Å². The third-order valence-electron chi connectivity index (χ3n) is 5.65. The summed E-state index contributed by atoms with van der Waals surface area (Å²) in [6.07, 6.45) is 1.79. The molecule has 0 bridgehead atoms. The van der Waals surface area contributed by atoms with Crippen molar-refractivity contribution in [3.8, 4) is 0 Å². The van der Waals surface area contributed by atoms with Crippen LogP contribution in [0.15, 0.2) is 12.1 Å². The molecule has 0 saturated carbocycles. The Labute approximate surface area is 143 Å². The number of rotatable bonds is 4. The molecule has 2 rings (SSSR count). The molecular formula is C21H35OP. The van der Waals surface area contributed by atoms with Gasteiger partial charge in [-0.25, -0.2) is 0 Å². The zero-order chi connectivity index (χ0) is 17.5. The van der Waals surface area contributed by atoms with Crippen LogP contribution in [0.4, 0.5) is 0 Å². The van der Waals surface area contributed by atoms with Crippen molar-refractivity contribution in [1.82, 2.24) is 0 Å². The predicted octanol–water partition coefficient (Wildman–Crippen LogP) is 6.33. The van der Waals surface area contributed by atoms with Crippen molar-refractivity contribution >= 4 is 12.4 Å². The molecule has 0 spiro atoms. The van der Waals surface area contributed by atoms with Crippen LogP contribution in [0.1, 0.15) is 89.8 Å². The highest BCUT2D eigenvalue weighted by Crippen LogP contribution is 2.57.